The average molecular weight is 297 g/mol. The molecule has 1 aliphatic carbocycles. The molecule has 1 aliphatic rings. The number of hydrogen-bond acceptors (Lipinski definition) is 3. The molecule has 4 N–H and O–H groups in total. The van der Waals surface area contributed by atoms with Gasteiger partial charge in [0.1, 0.15) is 0 Å². The third kappa shape index (κ3) is 2.88. The van der Waals surface area contributed by atoms with E-state index in [1.54, 1.807) is 12.1 Å². The zero-order valence-corrected chi connectivity index (χ0v) is 11.7. The van der Waals surface area contributed by atoms with Crippen LogP contribution in [0.4, 0.5) is 5.69 Å². The fraction of sp³-hybridized carbons (Fsp3) is 0.429. The monoisotopic (exact) mass is 296 g/mol. The van der Waals surface area contributed by atoms with Crippen molar-refractivity contribution in [1.29, 1.82) is 0 Å². The van der Waals surface area contributed by atoms with Crippen LogP contribution in [-0.2, 0) is 4.79 Å². The predicted molar refractivity (Wildman–Crippen MR) is 76.7 cm³/mol. The van der Waals surface area contributed by atoms with Gasteiger partial charge in [-0.3, -0.25) is 9.59 Å². The molecule has 0 radical (unpaired) electrons. The lowest BCUT2D eigenvalue weighted by atomic mass is 9.86. The molecule has 0 aliphatic heterocycles. The number of nitrogen functional groups attached to an aromatic ring is 1. The molecule has 1 saturated carbocycles. The highest BCUT2D eigenvalue weighted by atomic mass is 35.5. The molecule has 0 atom stereocenters. The third-order valence-corrected chi connectivity index (χ3v) is 4.19. The summed E-state index contributed by atoms with van der Waals surface area (Å²) in [5.74, 6) is -1.18. The zero-order valence-electron chi connectivity index (χ0n) is 11.0. The largest absolute Gasteiger partial charge is 0.481 e. The van der Waals surface area contributed by atoms with Crippen LogP contribution >= 0.6 is 11.6 Å². The first kappa shape index (κ1) is 14.7. The predicted octanol–water partition coefficient (Wildman–Crippen LogP) is 2.30. The van der Waals surface area contributed by atoms with Crippen LogP contribution < -0.4 is 11.1 Å². The molecule has 0 spiro atoms. The quantitative estimate of drug-likeness (QED) is 0.743. The van der Waals surface area contributed by atoms with Crippen LogP contribution in [0.3, 0.4) is 0 Å². The minimum Gasteiger partial charge on any atom is -0.481 e. The number of hydrogen-bond donors (Lipinski definition) is 3. The Morgan fingerprint density at radius 3 is 2.55 bits per heavy atom. The van der Waals surface area contributed by atoms with E-state index in [1.807, 2.05) is 0 Å². The van der Waals surface area contributed by atoms with Gasteiger partial charge < -0.3 is 16.2 Å². The molecule has 108 valence electrons. The van der Waals surface area contributed by atoms with Gasteiger partial charge >= 0.3 is 5.97 Å². The topological polar surface area (TPSA) is 92.4 Å². The number of anilines is 1. The van der Waals surface area contributed by atoms with E-state index in [9.17, 15) is 14.7 Å². The maximum absolute atomic E-state index is 12.0. The van der Waals surface area contributed by atoms with Crippen molar-refractivity contribution >= 4 is 29.2 Å². The Morgan fingerprint density at radius 2 is 2.00 bits per heavy atom. The molecule has 0 unspecified atom stereocenters. The Balaban J connectivity index is 2.04. The number of halogens is 1. The lowest BCUT2D eigenvalue weighted by molar-refractivity contribution is -0.148. The number of carboxylic acids is 1. The summed E-state index contributed by atoms with van der Waals surface area (Å²) < 4.78 is 0. The van der Waals surface area contributed by atoms with Gasteiger partial charge in [0.25, 0.3) is 5.91 Å². The standard InChI is InChI=1S/C14H17ClN2O3/c15-10-7-9(3-4-11(10)16)12(18)17-8-14(13(19)20)5-1-2-6-14/h3-4,7H,1-2,5-6,8,16H2,(H,17,18)(H,19,20). The van der Waals surface area contributed by atoms with E-state index in [4.69, 9.17) is 17.3 Å². The summed E-state index contributed by atoms with van der Waals surface area (Å²) in [6.07, 6.45) is 2.97. The van der Waals surface area contributed by atoms with Gasteiger partial charge in [0.15, 0.2) is 0 Å². The number of carbonyl (C=O) groups is 2. The van der Waals surface area contributed by atoms with Gasteiger partial charge in [0, 0.05) is 12.1 Å². The smallest absolute Gasteiger partial charge is 0.311 e. The van der Waals surface area contributed by atoms with E-state index in [-0.39, 0.29) is 12.5 Å². The van der Waals surface area contributed by atoms with E-state index >= 15 is 0 Å². The minimum atomic E-state index is -0.842. The van der Waals surface area contributed by atoms with Gasteiger partial charge in [-0.2, -0.15) is 0 Å². The Kier molecular flexibility index (Phi) is 4.18. The molecule has 0 saturated heterocycles. The van der Waals surface area contributed by atoms with E-state index in [0.717, 1.165) is 12.8 Å². The van der Waals surface area contributed by atoms with E-state index < -0.39 is 11.4 Å². The lowest BCUT2D eigenvalue weighted by Gasteiger charge is -2.24. The molecule has 0 bridgehead atoms. The molecule has 1 fully saturated rings. The van der Waals surface area contributed by atoms with E-state index in [1.165, 1.54) is 6.07 Å². The highest BCUT2D eigenvalue weighted by molar-refractivity contribution is 6.33. The van der Waals surface area contributed by atoms with E-state index in [0.29, 0.717) is 29.1 Å². The van der Waals surface area contributed by atoms with Gasteiger partial charge in [-0.25, -0.2) is 0 Å². The summed E-state index contributed by atoms with van der Waals surface area (Å²) in [7, 11) is 0. The van der Waals surface area contributed by atoms with Crippen molar-refractivity contribution in [2.24, 2.45) is 5.41 Å². The summed E-state index contributed by atoms with van der Waals surface area (Å²) >= 11 is 5.86. The molecule has 0 aromatic heterocycles. The molecule has 1 aromatic carbocycles. The molecule has 1 amide bonds. The number of nitrogens with one attached hydrogen (secondary N) is 1. The SMILES string of the molecule is Nc1ccc(C(=O)NCC2(C(=O)O)CCCC2)cc1Cl. The second kappa shape index (κ2) is 5.71. The summed E-state index contributed by atoms with van der Waals surface area (Å²) in [5.41, 5.74) is 5.54. The van der Waals surface area contributed by atoms with Crippen molar-refractivity contribution in [3.63, 3.8) is 0 Å². The minimum absolute atomic E-state index is 0.142. The number of nitrogens with two attached hydrogens (primary N) is 1. The van der Waals surface area contributed by atoms with Crippen molar-refractivity contribution in [3.8, 4) is 0 Å². The summed E-state index contributed by atoms with van der Waals surface area (Å²) in [6, 6.07) is 4.60. The molecule has 5 nitrogen and oxygen atoms in total. The number of amides is 1. The third-order valence-electron chi connectivity index (χ3n) is 3.86. The van der Waals surface area contributed by atoms with Gasteiger partial charge in [-0.15, -0.1) is 0 Å². The van der Waals surface area contributed by atoms with Crippen molar-refractivity contribution in [2.45, 2.75) is 25.7 Å². The van der Waals surface area contributed by atoms with Gasteiger partial charge in [0.2, 0.25) is 0 Å². The Bertz CT molecular complexity index is 539. The number of carbonyl (C=O) groups excluding carboxylic acids is 1. The van der Waals surface area contributed by atoms with E-state index in [2.05, 4.69) is 5.32 Å². The van der Waals surface area contributed by atoms with Crippen LogP contribution in [0.15, 0.2) is 18.2 Å². The second-order valence-electron chi connectivity index (χ2n) is 5.21. The number of carboxylic acid groups (broad SMARTS) is 1. The van der Waals surface area contributed by atoms with Crippen molar-refractivity contribution in [2.75, 3.05) is 12.3 Å². The fourth-order valence-corrected chi connectivity index (χ4v) is 2.72. The van der Waals surface area contributed by atoms with Crippen molar-refractivity contribution in [1.82, 2.24) is 5.32 Å². The molecule has 1 aromatic rings. The van der Waals surface area contributed by atoms with Gasteiger partial charge in [0.05, 0.1) is 16.1 Å². The average Bonchev–Trinajstić information content (AvgIpc) is 2.89. The van der Waals surface area contributed by atoms with Crippen molar-refractivity contribution in [3.05, 3.63) is 28.8 Å². The summed E-state index contributed by atoms with van der Waals surface area (Å²) in [4.78, 5) is 23.4. The second-order valence-corrected chi connectivity index (χ2v) is 5.62. The van der Waals surface area contributed by atoms with Crippen LogP contribution in [0.2, 0.25) is 5.02 Å². The molecule has 2 rings (SSSR count). The van der Waals surface area contributed by atoms with Crippen LogP contribution in [-0.4, -0.2) is 23.5 Å². The Labute approximate surface area is 122 Å². The molecule has 6 heteroatoms. The Hall–Kier alpha value is -1.75. The number of benzene rings is 1. The van der Waals surface area contributed by atoms with Crippen LogP contribution in [0, 0.1) is 5.41 Å². The first-order valence-electron chi connectivity index (χ1n) is 6.51. The normalized spacial score (nSPS) is 16.9. The van der Waals surface area contributed by atoms with Crippen LogP contribution in [0.25, 0.3) is 0 Å². The van der Waals surface area contributed by atoms with Gasteiger partial charge in [-0.05, 0) is 31.0 Å². The first-order valence-corrected chi connectivity index (χ1v) is 6.89. The summed E-state index contributed by atoms with van der Waals surface area (Å²) in [6.45, 7) is 0.142. The Morgan fingerprint density at radius 1 is 1.35 bits per heavy atom. The maximum atomic E-state index is 12.0. The lowest BCUT2D eigenvalue weighted by Crippen LogP contribution is -2.41. The number of aliphatic carboxylic acids is 1. The van der Waals surface area contributed by atoms with Crippen LogP contribution in [0.5, 0.6) is 0 Å². The summed E-state index contributed by atoms with van der Waals surface area (Å²) in [5, 5.41) is 12.3. The molecular formula is C14H17ClN2O3. The van der Waals surface area contributed by atoms with Crippen molar-refractivity contribution < 1.29 is 14.7 Å². The highest BCUT2D eigenvalue weighted by Gasteiger charge is 2.41. The first-order chi connectivity index (χ1) is 9.44. The molecular weight excluding hydrogens is 280 g/mol. The van der Waals surface area contributed by atoms with Crippen LogP contribution in [0.1, 0.15) is 36.0 Å². The molecule has 20 heavy (non-hydrogen) atoms. The maximum Gasteiger partial charge on any atom is 0.311 e. The fourth-order valence-electron chi connectivity index (χ4n) is 2.54. The van der Waals surface area contributed by atoms with Gasteiger partial charge in [-0.1, -0.05) is 24.4 Å². The highest BCUT2D eigenvalue weighted by Crippen LogP contribution is 2.37. The molecule has 0 heterocycles. The number of rotatable bonds is 4. The zero-order chi connectivity index (χ0) is 14.8.